The number of fused-ring (bicyclic) bond motifs is 1. The third-order valence-electron chi connectivity index (χ3n) is 4.69. The highest BCUT2D eigenvalue weighted by molar-refractivity contribution is 6.35. The number of amides is 3. The van der Waals surface area contributed by atoms with Crippen molar-refractivity contribution in [2.45, 2.75) is 12.8 Å². The van der Waals surface area contributed by atoms with Crippen LogP contribution in [0.1, 0.15) is 15.9 Å². The lowest BCUT2D eigenvalue weighted by Crippen LogP contribution is -2.47. The average molecular weight is 412 g/mol. The fourth-order valence-electron chi connectivity index (χ4n) is 3.14. The summed E-state index contributed by atoms with van der Waals surface area (Å²) in [6, 6.07) is 8.47. The van der Waals surface area contributed by atoms with E-state index in [4.69, 9.17) is 14.2 Å². The van der Waals surface area contributed by atoms with E-state index in [1.807, 2.05) is 0 Å². The summed E-state index contributed by atoms with van der Waals surface area (Å²) in [4.78, 5) is 42.3. The van der Waals surface area contributed by atoms with E-state index in [9.17, 15) is 14.4 Å². The van der Waals surface area contributed by atoms with Gasteiger partial charge in [0, 0.05) is 31.0 Å². The van der Waals surface area contributed by atoms with Gasteiger partial charge in [-0.2, -0.15) is 0 Å². The summed E-state index contributed by atoms with van der Waals surface area (Å²) in [5.41, 5.74) is 1.20. The maximum Gasteiger partial charge on any atom is 0.309 e. The molecule has 0 aliphatic carbocycles. The second-order valence-corrected chi connectivity index (χ2v) is 6.65. The van der Waals surface area contributed by atoms with E-state index in [1.54, 1.807) is 42.7 Å². The van der Waals surface area contributed by atoms with Crippen molar-refractivity contribution in [2.24, 2.45) is 0 Å². The number of ether oxygens (including phenoxy) is 3. The number of pyridine rings is 1. The van der Waals surface area contributed by atoms with Crippen LogP contribution < -0.4 is 20.1 Å². The second kappa shape index (κ2) is 8.78. The highest BCUT2D eigenvalue weighted by Crippen LogP contribution is 2.33. The first-order chi connectivity index (χ1) is 14.6. The molecule has 1 saturated heterocycles. The minimum absolute atomic E-state index is 0.00453. The smallest absolute Gasteiger partial charge is 0.309 e. The zero-order valence-corrected chi connectivity index (χ0v) is 16.0. The van der Waals surface area contributed by atoms with Crippen LogP contribution in [-0.4, -0.2) is 60.3 Å². The summed E-state index contributed by atoms with van der Waals surface area (Å²) >= 11 is 0. The average Bonchev–Trinajstić information content (AvgIpc) is 3.44. The first kappa shape index (κ1) is 19.6. The molecule has 2 aliphatic heterocycles. The lowest BCUT2D eigenvalue weighted by atomic mass is 10.1. The third-order valence-corrected chi connectivity index (χ3v) is 4.69. The summed E-state index contributed by atoms with van der Waals surface area (Å²) in [6.45, 7) is 1.02. The van der Waals surface area contributed by atoms with Crippen LogP contribution in [0.15, 0.2) is 42.7 Å². The summed E-state index contributed by atoms with van der Waals surface area (Å²) < 4.78 is 16.1. The number of carbonyl (C=O) groups excluding carboxylic acids is 3. The molecule has 2 N–H and O–H groups in total. The van der Waals surface area contributed by atoms with Gasteiger partial charge in [0.15, 0.2) is 11.5 Å². The normalized spacial score (nSPS) is 16.9. The number of hydrogen-bond acceptors (Lipinski definition) is 7. The van der Waals surface area contributed by atoms with Gasteiger partial charge in [-0.3, -0.25) is 19.4 Å². The molecule has 4 rings (SSSR count). The molecular weight excluding hydrogens is 392 g/mol. The number of rotatable bonds is 5. The molecule has 1 fully saturated rings. The van der Waals surface area contributed by atoms with E-state index in [0.717, 1.165) is 5.56 Å². The van der Waals surface area contributed by atoms with Crippen molar-refractivity contribution < 1.29 is 28.6 Å². The van der Waals surface area contributed by atoms with E-state index in [1.165, 1.54) is 4.90 Å². The Labute approximate surface area is 172 Å². The van der Waals surface area contributed by atoms with Gasteiger partial charge in [0.1, 0.15) is 6.23 Å². The molecule has 1 aromatic heterocycles. The number of carbonyl (C=O) groups is 3. The number of aromatic nitrogens is 1. The standard InChI is InChI=1S/C20H20N4O6/c25-18(22-10-13-2-1-5-21-9-13)19(26)23-11-17-24(6-7-28-17)20(27)14-3-4-15-16(8-14)30-12-29-15/h1-5,8-9,17H,6-7,10-12H2,(H,22,25)(H,23,26). The third kappa shape index (κ3) is 4.33. The largest absolute Gasteiger partial charge is 0.454 e. The van der Waals surface area contributed by atoms with Crippen molar-refractivity contribution in [1.29, 1.82) is 0 Å². The Morgan fingerprint density at radius 3 is 2.77 bits per heavy atom. The van der Waals surface area contributed by atoms with Gasteiger partial charge in [0.05, 0.1) is 13.2 Å². The molecule has 0 spiro atoms. The van der Waals surface area contributed by atoms with Gasteiger partial charge in [0.25, 0.3) is 5.91 Å². The molecule has 1 atom stereocenters. The Hall–Kier alpha value is -3.66. The fourth-order valence-corrected chi connectivity index (χ4v) is 3.14. The lowest BCUT2D eigenvalue weighted by molar-refractivity contribution is -0.139. The highest BCUT2D eigenvalue weighted by Gasteiger charge is 2.32. The molecule has 10 nitrogen and oxygen atoms in total. The minimum atomic E-state index is -0.801. The Kier molecular flexibility index (Phi) is 5.75. The van der Waals surface area contributed by atoms with Crippen molar-refractivity contribution in [3.63, 3.8) is 0 Å². The van der Waals surface area contributed by atoms with Crippen LogP contribution in [0.4, 0.5) is 0 Å². The van der Waals surface area contributed by atoms with Crippen LogP contribution in [0.25, 0.3) is 0 Å². The van der Waals surface area contributed by atoms with Crippen molar-refractivity contribution in [2.75, 3.05) is 26.5 Å². The fraction of sp³-hybridized carbons (Fsp3) is 0.300. The molecule has 10 heteroatoms. The maximum atomic E-state index is 12.8. The van der Waals surface area contributed by atoms with Gasteiger partial charge in [-0.1, -0.05) is 6.07 Å². The predicted molar refractivity (Wildman–Crippen MR) is 102 cm³/mol. The molecule has 156 valence electrons. The van der Waals surface area contributed by atoms with E-state index in [-0.39, 0.29) is 25.8 Å². The summed E-state index contributed by atoms with van der Waals surface area (Å²) in [7, 11) is 0. The number of nitrogens with one attached hydrogen (secondary N) is 2. The Balaban J connectivity index is 1.30. The van der Waals surface area contributed by atoms with Crippen molar-refractivity contribution in [1.82, 2.24) is 20.5 Å². The van der Waals surface area contributed by atoms with Crippen molar-refractivity contribution in [3.8, 4) is 11.5 Å². The van der Waals surface area contributed by atoms with Crippen LogP contribution in [0, 0.1) is 0 Å². The van der Waals surface area contributed by atoms with Crippen LogP contribution in [0.5, 0.6) is 11.5 Å². The summed E-state index contributed by atoms with van der Waals surface area (Å²) in [5.74, 6) is -0.733. The zero-order valence-electron chi connectivity index (χ0n) is 16.0. The van der Waals surface area contributed by atoms with E-state index in [2.05, 4.69) is 15.6 Å². The van der Waals surface area contributed by atoms with Gasteiger partial charge in [-0.15, -0.1) is 0 Å². The van der Waals surface area contributed by atoms with Gasteiger partial charge in [-0.25, -0.2) is 0 Å². The molecule has 2 aromatic rings. The number of benzene rings is 1. The number of nitrogens with zero attached hydrogens (tertiary/aromatic N) is 2. The van der Waals surface area contributed by atoms with Crippen LogP contribution >= 0.6 is 0 Å². The van der Waals surface area contributed by atoms with Gasteiger partial charge in [-0.05, 0) is 29.8 Å². The quantitative estimate of drug-likeness (QED) is 0.666. The molecule has 3 heterocycles. The van der Waals surface area contributed by atoms with Crippen LogP contribution in [0.3, 0.4) is 0 Å². The van der Waals surface area contributed by atoms with E-state index in [0.29, 0.717) is 30.2 Å². The molecular formula is C20H20N4O6. The molecule has 0 radical (unpaired) electrons. The Morgan fingerprint density at radius 2 is 1.93 bits per heavy atom. The summed E-state index contributed by atoms with van der Waals surface area (Å²) in [6.07, 6.45) is 2.55. The number of hydrogen-bond donors (Lipinski definition) is 2. The van der Waals surface area contributed by atoms with Gasteiger partial charge in [0.2, 0.25) is 6.79 Å². The van der Waals surface area contributed by atoms with Crippen molar-refractivity contribution in [3.05, 3.63) is 53.9 Å². The van der Waals surface area contributed by atoms with Gasteiger partial charge >= 0.3 is 11.8 Å². The van der Waals surface area contributed by atoms with Crippen molar-refractivity contribution >= 4 is 17.7 Å². The zero-order chi connectivity index (χ0) is 20.9. The topological polar surface area (TPSA) is 119 Å². The maximum absolute atomic E-state index is 12.8. The monoisotopic (exact) mass is 412 g/mol. The molecule has 1 unspecified atom stereocenters. The van der Waals surface area contributed by atoms with E-state index >= 15 is 0 Å². The SMILES string of the molecule is O=C(NCc1cccnc1)C(=O)NCC1OCCN1C(=O)c1ccc2c(c1)OCO2. The molecule has 0 saturated carbocycles. The minimum Gasteiger partial charge on any atom is -0.454 e. The summed E-state index contributed by atoms with van der Waals surface area (Å²) in [5, 5.41) is 5.03. The Morgan fingerprint density at radius 1 is 1.10 bits per heavy atom. The van der Waals surface area contributed by atoms with Gasteiger partial charge < -0.3 is 29.7 Å². The molecule has 30 heavy (non-hydrogen) atoms. The first-order valence-electron chi connectivity index (χ1n) is 9.39. The molecule has 2 aliphatic rings. The van der Waals surface area contributed by atoms with Crippen LogP contribution in [0.2, 0.25) is 0 Å². The molecule has 3 amide bonds. The highest BCUT2D eigenvalue weighted by atomic mass is 16.7. The second-order valence-electron chi connectivity index (χ2n) is 6.65. The molecule has 0 bridgehead atoms. The Bertz CT molecular complexity index is 952. The predicted octanol–water partition coefficient (Wildman–Crippen LogP) is 0.0414. The first-order valence-corrected chi connectivity index (χ1v) is 9.39. The molecule has 1 aromatic carbocycles. The lowest BCUT2D eigenvalue weighted by Gasteiger charge is -2.23. The van der Waals surface area contributed by atoms with E-state index < -0.39 is 18.0 Å². The van der Waals surface area contributed by atoms with Crippen LogP contribution in [-0.2, 0) is 20.9 Å².